The van der Waals surface area contributed by atoms with Gasteiger partial charge in [-0.25, -0.2) is 0 Å². The molecule has 2 nitrogen and oxygen atoms in total. The molecule has 0 N–H and O–H groups in total. The molecule has 0 aliphatic carbocycles. The molecule has 2 heterocycles. The van der Waals surface area contributed by atoms with Crippen LogP contribution < -0.4 is 9.17 Å². The van der Waals surface area contributed by atoms with Crippen molar-refractivity contribution in [3.8, 4) is 0 Å². The van der Waals surface area contributed by atoms with Gasteiger partial charge in [-0.2, -0.15) is 0 Å². The summed E-state index contributed by atoms with van der Waals surface area (Å²) in [7, 11) is -0.171. The number of fused-ring (bicyclic) bond motifs is 1. The van der Waals surface area contributed by atoms with E-state index in [2.05, 4.69) is 55.4 Å². The molecule has 112 valence electrons. The van der Waals surface area contributed by atoms with Gasteiger partial charge in [0.05, 0.1) is 0 Å². The number of hydrogen-bond donors (Lipinski definition) is 0. The first-order valence-corrected chi connectivity index (χ1v) is 15.7. The van der Waals surface area contributed by atoms with Gasteiger partial charge in [-0.1, -0.05) is 0 Å². The molecular formula is C16H23BGeO2S. The van der Waals surface area contributed by atoms with Crippen LogP contribution in [0.2, 0.25) is 17.3 Å². The molecule has 1 saturated heterocycles. The fraction of sp³-hybridized carbons (Fsp3) is 0.500. The molecule has 0 bridgehead atoms. The van der Waals surface area contributed by atoms with E-state index in [1.54, 1.807) is 4.40 Å². The summed E-state index contributed by atoms with van der Waals surface area (Å²) in [4.78, 5) is 0. The van der Waals surface area contributed by atoms with Crippen molar-refractivity contribution in [3.05, 3.63) is 24.3 Å². The van der Waals surface area contributed by atoms with Gasteiger partial charge in [0.25, 0.3) is 0 Å². The summed E-state index contributed by atoms with van der Waals surface area (Å²) in [6.07, 6.45) is 0. The van der Waals surface area contributed by atoms with Gasteiger partial charge in [0.15, 0.2) is 0 Å². The number of thiophene rings is 1. The van der Waals surface area contributed by atoms with Gasteiger partial charge in [-0.15, -0.1) is 0 Å². The van der Waals surface area contributed by atoms with Crippen LogP contribution in [0.5, 0.6) is 0 Å². The monoisotopic (exact) mass is 364 g/mol. The summed E-state index contributed by atoms with van der Waals surface area (Å²) in [6, 6.07) is 8.73. The third kappa shape index (κ3) is 3.09. The normalized spacial score (nSPS) is 19.2. The number of hydrogen-bond acceptors (Lipinski definition) is 3. The van der Waals surface area contributed by atoms with E-state index in [1.807, 2.05) is 11.3 Å². The Morgan fingerprint density at radius 2 is 1.71 bits per heavy atom. The molecule has 21 heavy (non-hydrogen) atoms. The Bertz CT molecular complexity index is 650. The fourth-order valence-electron chi connectivity index (χ4n) is 2.85. The zero-order valence-electron chi connectivity index (χ0n) is 13.5. The van der Waals surface area contributed by atoms with Gasteiger partial charge in [0.1, 0.15) is 0 Å². The average molecular weight is 363 g/mol. The molecule has 1 aromatic heterocycles. The standard InChI is InChI=1S/C16H23BGeO2S/c1-16(2)10-19-17(20-11-16)15-14(18(3,4)5)12-8-6-7-9-13(12)21-15/h6-9H,10-11H2,1-5H3. The van der Waals surface area contributed by atoms with Gasteiger partial charge in [-0.3, -0.25) is 0 Å². The predicted molar refractivity (Wildman–Crippen MR) is 95.9 cm³/mol. The second-order valence-electron chi connectivity index (χ2n) is 7.71. The summed E-state index contributed by atoms with van der Waals surface area (Å²) in [5.74, 6) is 7.35. The van der Waals surface area contributed by atoms with Crippen molar-refractivity contribution in [1.82, 2.24) is 0 Å². The van der Waals surface area contributed by atoms with E-state index >= 15 is 0 Å². The molecule has 3 rings (SSSR count). The maximum absolute atomic E-state index is 6.06. The Morgan fingerprint density at radius 3 is 2.33 bits per heavy atom. The third-order valence-corrected chi connectivity index (χ3v) is 9.69. The molecule has 0 atom stereocenters. The summed E-state index contributed by atoms with van der Waals surface area (Å²) in [6.45, 7) is 5.91. The van der Waals surface area contributed by atoms with E-state index in [0.29, 0.717) is 0 Å². The van der Waals surface area contributed by atoms with E-state index in [-0.39, 0.29) is 12.5 Å². The Hall–Kier alpha value is -0.292. The van der Waals surface area contributed by atoms with Gasteiger partial charge in [0, 0.05) is 0 Å². The van der Waals surface area contributed by atoms with E-state index in [1.165, 1.54) is 14.9 Å². The topological polar surface area (TPSA) is 18.5 Å². The average Bonchev–Trinajstić information content (AvgIpc) is 2.77. The molecule has 0 radical (unpaired) electrons. The van der Waals surface area contributed by atoms with Crippen molar-refractivity contribution in [2.24, 2.45) is 5.41 Å². The SMILES string of the molecule is CC1(C)COB(c2sc3ccccc3[c]2[Ge]([CH3])([CH3])[CH3])OC1. The Kier molecular flexibility index (Phi) is 4.02. The molecule has 1 aliphatic rings. The zero-order valence-corrected chi connectivity index (χ0v) is 16.4. The van der Waals surface area contributed by atoms with E-state index in [4.69, 9.17) is 9.31 Å². The fourth-order valence-corrected chi connectivity index (χ4v) is 10.0. The first kappa shape index (κ1) is 15.6. The number of benzene rings is 1. The van der Waals surface area contributed by atoms with Crippen molar-refractivity contribution in [2.75, 3.05) is 13.2 Å². The zero-order chi connectivity index (χ0) is 15.3. The van der Waals surface area contributed by atoms with Crippen LogP contribution in [0.25, 0.3) is 10.1 Å². The van der Waals surface area contributed by atoms with E-state index < -0.39 is 13.3 Å². The van der Waals surface area contributed by atoms with Crippen LogP contribution in [0.3, 0.4) is 0 Å². The van der Waals surface area contributed by atoms with Crippen LogP contribution in [-0.4, -0.2) is 33.6 Å². The number of rotatable bonds is 2. The third-order valence-electron chi connectivity index (χ3n) is 3.84. The molecule has 0 amide bonds. The molecule has 5 heteroatoms. The first-order valence-electron chi connectivity index (χ1n) is 7.53. The molecule has 0 unspecified atom stereocenters. The summed E-state index contributed by atoms with van der Waals surface area (Å²) in [5, 5.41) is 1.42. The van der Waals surface area contributed by atoms with Crippen LogP contribution in [0.1, 0.15) is 13.8 Å². The Morgan fingerprint density at radius 1 is 1.10 bits per heavy atom. The van der Waals surface area contributed by atoms with Crippen LogP contribution in [0.15, 0.2) is 24.3 Å². The Balaban J connectivity index is 2.06. The predicted octanol–water partition coefficient (Wildman–Crippen LogP) is 3.21. The maximum atomic E-state index is 6.06. The summed E-state index contributed by atoms with van der Waals surface area (Å²) >= 11 is -0.143. The van der Waals surface area contributed by atoms with Crippen LogP contribution in [-0.2, 0) is 9.31 Å². The van der Waals surface area contributed by atoms with Crippen molar-refractivity contribution < 1.29 is 9.31 Å². The van der Waals surface area contributed by atoms with Crippen molar-refractivity contribution in [1.29, 1.82) is 0 Å². The van der Waals surface area contributed by atoms with Crippen molar-refractivity contribution in [2.45, 2.75) is 31.1 Å². The van der Waals surface area contributed by atoms with Crippen LogP contribution in [0, 0.1) is 5.41 Å². The van der Waals surface area contributed by atoms with Gasteiger partial charge >= 0.3 is 134 Å². The second kappa shape index (κ2) is 5.41. The van der Waals surface area contributed by atoms with Crippen LogP contribution in [0.4, 0.5) is 0 Å². The molecule has 0 spiro atoms. The summed E-state index contributed by atoms with van der Waals surface area (Å²) < 4.78 is 16.4. The second-order valence-corrected chi connectivity index (χ2v) is 19.3. The van der Waals surface area contributed by atoms with E-state index in [0.717, 1.165) is 13.2 Å². The van der Waals surface area contributed by atoms with Gasteiger partial charge in [-0.05, 0) is 0 Å². The molecular weight excluding hydrogens is 340 g/mol. The molecule has 0 saturated carbocycles. The summed E-state index contributed by atoms with van der Waals surface area (Å²) in [5.41, 5.74) is 0.122. The molecule has 1 fully saturated rings. The van der Waals surface area contributed by atoms with Crippen molar-refractivity contribution >= 4 is 51.0 Å². The molecule has 1 aromatic carbocycles. The van der Waals surface area contributed by atoms with Crippen molar-refractivity contribution in [3.63, 3.8) is 0 Å². The molecule has 2 aromatic rings. The van der Waals surface area contributed by atoms with Gasteiger partial charge < -0.3 is 0 Å². The molecule has 1 aliphatic heterocycles. The van der Waals surface area contributed by atoms with E-state index in [9.17, 15) is 0 Å². The van der Waals surface area contributed by atoms with Crippen LogP contribution >= 0.6 is 11.3 Å². The minimum atomic E-state index is -2.00. The van der Waals surface area contributed by atoms with Gasteiger partial charge in [0.2, 0.25) is 0 Å². The quantitative estimate of drug-likeness (QED) is 0.764. The first-order chi connectivity index (χ1) is 9.78. The minimum absolute atomic E-state index is 0.122. The Labute approximate surface area is 134 Å².